The summed E-state index contributed by atoms with van der Waals surface area (Å²) in [5.74, 6) is 0.0372. The first-order valence-corrected chi connectivity index (χ1v) is 6.89. The van der Waals surface area contributed by atoms with Crippen molar-refractivity contribution < 1.29 is 4.79 Å². The average Bonchev–Trinajstić information content (AvgIpc) is 2.48. The molecule has 0 atom stereocenters. The Labute approximate surface area is 118 Å². The predicted octanol–water partition coefficient (Wildman–Crippen LogP) is 1.08. The maximum Gasteiger partial charge on any atom is 0.238 e. The molecule has 0 spiro atoms. The van der Waals surface area contributed by atoms with Crippen LogP contribution in [0, 0.1) is 0 Å². The van der Waals surface area contributed by atoms with Crippen molar-refractivity contribution in [3.05, 3.63) is 36.5 Å². The zero-order chi connectivity index (χ0) is 13.8. The molecule has 2 heterocycles. The van der Waals surface area contributed by atoms with E-state index >= 15 is 0 Å². The van der Waals surface area contributed by atoms with Crippen LogP contribution in [0.25, 0.3) is 10.9 Å². The summed E-state index contributed by atoms with van der Waals surface area (Å²) in [4.78, 5) is 18.5. The molecule has 0 unspecified atom stereocenters. The number of carbonyl (C=O) groups is 1. The zero-order valence-electron chi connectivity index (χ0n) is 11.3. The molecule has 1 aliphatic rings. The van der Waals surface area contributed by atoms with E-state index < -0.39 is 0 Å². The monoisotopic (exact) mass is 270 g/mol. The number of hydrogen-bond acceptors (Lipinski definition) is 4. The van der Waals surface area contributed by atoms with Crippen molar-refractivity contribution in [3.8, 4) is 0 Å². The summed E-state index contributed by atoms with van der Waals surface area (Å²) in [6, 6.07) is 9.67. The minimum absolute atomic E-state index is 0.0372. The summed E-state index contributed by atoms with van der Waals surface area (Å²) in [7, 11) is 0. The number of hydrogen-bond donors (Lipinski definition) is 2. The number of pyridine rings is 1. The third-order valence-corrected chi connectivity index (χ3v) is 3.46. The molecule has 2 aromatic rings. The Hall–Kier alpha value is -1.98. The van der Waals surface area contributed by atoms with E-state index in [4.69, 9.17) is 0 Å². The SMILES string of the molecule is O=C(CN1CCNCC1)Nc1ccc2ncccc2c1. The van der Waals surface area contributed by atoms with Gasteiger partial charge >= 0.3 is 0 Å². The van der Waals surface area contributed by atoms with Gasteiger partial charge in [-0.15, -0.1) is 0 Å². The van der Waals surface area contributed by atoms with E-state index in [0.717, 1.165) is 42.8 Å². The highest BCUT2D eigenvalue weighted by atomic mass is 16.2. The van der Waals surface area contributed by atoms with E-state index in [1.807, 2.05) is 30.3 Å². The fraction of sp³-hybridized carbons (Fsp3) is 0.333. The van der Waals surface area contributed by atoms with Crippen LogP contribution >= 0.6 is 0 Å². The van der Waals surface area contributed by atoms with Gasteiger partial charge in [0.2, 0.25) is 5.91 Å². The summed E-state index contributed by atoms with van der Waals surface area (Å²) < 4.78 is 0. The first-order valence-electron chi connectivity index (χ1n) is 6.89. The number of piperazine rings is 1. The molecule has 0 aliphatic carbocycles. The molecule has 1 amide bonds. The molecular formula is C15H18N4O. The van der Waals surface area contributed by atoms with Crippen LogP contribution in [0.3, 0.4) is 0 Å². The molecule has 1 fully saturated rings. The second kappa shape index (κ2) is 5.98. The van der Waals surface area contributed by atoms with Gasteiger partial charge in [-0.3, -0.25) is 14.7 Å². The number of nitrogens with one attached hydrogen (secondary N) is 2. The Bertz CT molecular complexity index is 608. The maximum absolute atomic E-state index is 12.0. The van der Waals surface area contributed by atoms with E-state index in [2.05, 4.69) is 20.5 Å². The molecular weight excluding hydrogens is 252 g/mol. The average molecular weight is 270 g/mol. The second-order valence-corrected chi connectivity index (χ2v) is 4.99. The Morgan fingerprint density at radius 3 is 3.00 bits per heavy atom. The number of fused-ring (bicyclic) bond motifs is 1. The van der Waals surface area contributed by atoms with Crippen LogP contribution in [0.4, 0.5) is 5.69 Å². The lowest BCUT2D eigenvalue weighted by molar-refractivity contribution is -0.117. The first kappa shape index (κ1) is 13.0. The van der Waals surface area contributed by atoms with Gasteiger partial charge in [0.1, 0.15) is 0 Å². The van der Waals surface area contributed by atoms with Crippen LogP contribution in [-0.2, 0) is 4.79 Å². The lowest BCUT2D eigenvalue weighted by atomic mass is 10.2. The van der Waals surface area contributed by atoms with E-state index in [1.54, 1.807) is 6.20 Å². The van der Waals surface area contributed by atoms with Crippen LogP contribution < -0.4 is 10.6 Å². The maximum atomic E-state index is 12.0. The van der Waals surface area contributed by atoms with Gasteiger partial charge < -0.3 is 10.6 Å². The third-order valence-electron chi connectivity index (χ3n) is 3.46. The zero-order valence-corrected chi connectivity index (χ0v) is 11.3. The van der Waals surface area contributed by atoms with E-state index in [0.29, 0.717) is 6.54 Å². The Morgan fingerprint density at radius 2 is 2.15 bits per heavy atom. The standard InChI is InChI=1S/C15H18N4O/c20-15(11-19-8-6-16-7-9-19)18-13-3-4-14-12(10-13)2-1-5-17-14/h1-5,10,16H,6-9,11H2,(H,18,20). The number of nitrogens with zero attached hydrogens (tertiary/aromatic N) is 2. The molecule has 5 nitrogen and oxygen atoms in total. The Morgan fingerprint density at radius 1 is 1.30 bits per heavy atom. The van der Waals surface area contributed by atoms with Crippen molar-refractivity contribution in [2.75, 3.05) is 38.0 Å². The van der Waals surface area contributed by atoms with Gasteiger partial charge in [0.15, 0.2) is 0 Å². The van der Waals surface area contributed by atoms with Crippen LogP contribution in [0.1, 0.15) is 0 Å². The van der Waals surface area contributed by atoms with Crippen molar-refractivity contribution >= 4 is 22.5 Å². The highest BCUT2D eigenvalue weighted by molar-refractivity contribution is 5.94. The van der Waals surface area contributed by atoms with Crippen molar-refractivity contribution in [2.45, 2.75) is 0 Å². The van der Waals surface area contributed by atoms with Gasteiger partial charge in [0, 0.05) is 43.4 Å². The smallest absolute Gasteiger partial charge is 0.238 e. The molecule has 0 radical (unpaired) electrons. The van der Waals surface area contributed by atoms with Crippen molar-refractivity contribution in [3.63, 3.8) is 0 Å². The van der Waals surface area contributed by atoms with E-state index in [9.17, 15) is 4.79 Å². The van der Waals surface area contributed by atoms with Crippen molar-refractivity contribution in [1.82, 2.24) is 15.2 Å². The van der Waals surface area contributed by atoms with Crippen LogP contribution in [-0.4, -0.2) is 48.5 Å². The van der Waals surface area contributed by atoms with Gasteiger partial charge in [-0.25, -0.2) is 0 Å². The van der Waals surface area contributed by atoms with Gasteiger partial charge in [-0.2, -0.15) is 0 Å². The largest absolute Gasteiger partial charge is 0.325 e. The molecule has 20 heavy (non-hydrogen) atoms. The summed E-state index contributed by atoms with van der Waals surface area (Å²) in [6.45, 7) is 4.21. The van der Waals surface area contributed by atoms with Gasteiger partial charge in [0.05, 0.1) is 12.1 Å². The normalized spacial score (nSPS) is 16.2. The molecule has 1 aromatic heterocycles. The number of amides is 1. The molecule has 2 N–H and O–H groups in total. The van der Waals surface area contributed by atoms with Crippen LogP contribution in [0.2, 0.25) is 0 Å². The van der Waals surface area contributed by atoms with Crippen molar-refractivity contribution in [2.24, 2.45) is 0 Å². The minimum atomic E-state index is 0.0372. The minimum Gasteiger partial charge on any atom is -0.325 e. The topological polar surface area (TPSA) is 57.3 Å². The fourth-order valence-corrected chi connectivity index (χ4v) is 2.43. The molecule has 0 bridgehead atoms. The second-order valence-electron chi connectivity index (χ2n) is 4.99. The molecule has 1 aliphatic heterocycles. The van der Waals surface area contributed by atoms with Crippen LogP contribution in [0.5, 0.6) is 0 Å². The summed E-state index contributed by atoms with van der Waals surface area (Å²) in [6.07, 6.45) is 1.77. The molecule has 1 aromatic carbocycles. The highest BCUT2D eigenvalue weighted by Crippen LogP contribution is 2.16. The summed E-state index contributed by atoms with van der Waals surface area (Å²) in [5, 5.41) is 7.26. The number of benzene rings is 1. The Kier molecular flexibility index (Phi) is 3.90. The lowest BCUT2D eigenvalue weighted by Crippen LogP contribution is -2.46. The quantitative estimate of drug-likeness (QED) is 0.876. The molecule has 5 heteroatoms. The van der Waals surface area contributed by atoms with E-state index in [-0.39, 0.29) is 5.91 Å². The van der Waals surface area contributed by atoms with Gasteiger partial charge in [-0.05, 0) is 24.3 Å². The molecule has 1 saturated heterocycles. The fourth-order valence-electron chi connectivity index (χ4n) is 2.43. The van der Waals surface area contributed by atoms with Gasteiger partial charge in [-0.1, -0.05) is 6.07 Å². The van der Waals surface area contributed by atoms with Crippen LogP contribution in [0.15, 0.2) is 36.5 Å². The molecule has 3 rings (SSSR count). The van der Waals surface area contributed by atoms with E-state index in [1.165, 1.54) is 0 Å². The summed E-state index contributed by atoms with van der Waals surface area (Å²) >= 11 is 0. The predicted molar refractivity (Wildman–Crippen MR) is 79.7 cm³/mol. The lowest BCUT2D eigenvalue weighted by Gasteiger charge is -2.26. The highest BCUT2D eigenvalue weighted by Gasteiger charge is 2.13. The number of rotatable bonds is 3. The number of carbonyl (C=O) groups excluding carboxylic acids is 1. The Balaban J connectivity index is 1.64. The summed E-state index contributed by atoms with van der Waals surface area (Å²) in [5.41, 5.74) is 1.76. The van der Waals surface area contributed by atoms with Crippen molar-refractivity contribution in [1.29, 1.82) is 0 Å². The molecule has 0 saturated carbocycles. The first-order chi connectivity index (χ1) is 9.81. The molecule has 104 valence electrons. The number of aromatic nitrogens is 1. The van der Waals surface area contributed by atoms with Gasteiger partial charge in [0.25, 0.3) is 0 Å². The third kappa shape index (κ3) is 3.12. The number of anilines is 1.